The Labute approximate surface area is 120 Å². The van der Waals surface area contributed by atoms with Gasteiger partial charge in [0.1, 0.15) is 0 Å². The summed E-state index contributed by atoms with van der Waals surface area (Å²) < 4.78 is 0. The topological polar surface area (TPSA) is 46.3 Å². The third-order valence-electron chi connectivity index (χ3n) is 3.49. The van der Waals surface area contributed by atoms with Crippen molar-refractivity contribution in [2.75, 3.05) is 11.9 Å². The van der Waals surface area contributed by atoms with Crippen molar-refractivity contribution < 1.29 is 4.79 Å². The van der Waals surface area contributed by atoms with Gasteiger partial charge >= 0.3 is 0 Å². The van der Waals surface area contributed by atoms with Gasteiger partial charge in [0.2, 0.25) is 0 Å². The molecule has 0 unspecified atom stereocenters. The van der Waals surface area contributed by atoms with Crippen LogP contribution in [-0.4, -0.2) is 13.0 Å². The van der Waals surface area contributed by atoms with Gasteiger partial charge in [0, 0.05) is 24.8 Å². The van der Waals surface area contributed by atoms with E-state index in [0.717, 1.165) is 17.7 Å². The summed E-state index contributed by atoms with van der Waals surface area (Å²) in [5.41, 5.74) is 9.47. The molecule has 0 radical (unpaired) electrons. The fraction of sp³-hybridized carbons (Fsp3) is 0.235. The Morgan fingerprint density at radius 1 is 1.10 bits per heavy atom. The van der Waals surface area contributed by atoms with E-state index in [1.54, 1.807) is 11.9 Å². The Morgan fingerprint density at radius 3 is 2.35 bits per heavy atom. The largest absolute Gasteiger partial charge is 0.326 e. The molecule has 0 bridgehead atoms. The molecule has 0 atom stereocenters. The molecule has 0 saturated heterocycles. The van der Waals surface area contributed by atoms with Gasteiger partial charge in [-0.05, 0) is 35.7 Å². The van der Waals surface area contributed by atoms with E-state index in [0.29, 0.717) is 12.1 Å². The zero-order chi connectivity index (χ0) is 14.5. The molecular weight excluding hydrogens is 248 g/mol. The zero-order valence-electron chi connectivity index (χ0n) is 12.0. The molecule has 20 heavy (non-hydrogen) atoms. The first-order chi connectivity index (χ1) is 9.67. The monoisotopic (exact) mass is 268 g/mol. The minimum Gasteiger partial charge on any atom is -0.326 e. The van der Waals surface area contributed by atoms with Crippen LogP contribution in [0.1, 0.15) is 28.4 Å². The van der Waals surface area contributed by atoms with Crippen LogP contribution in [-0.2, 0) is 13.0 Å². The summed E-state index contributed by atoms with van der Waals surface area (Å²) in [6.07, 6.45) is 0.973. The van der Waals surface area contributed by atoms with Gasteiger partial charge in [-0.2, -0.15) is 0 Å². The van der Waals surface area contributed by atoms with Gasteiger partial charge in [0.15, 0.2) is 0 Å². The molecule has 3 nitrogen and oxygen atoms in total. The number of carbonyl (C=O) groups excluding carboxylic acids is 1. The first-order valence-corrected chi connectivity index (χ1v) is 6.82. The summed E-state index contributed by atoms with van der Waals surface area (Å²) in [4.78, 5) is 14.2. The smallest absolute Gasteiger partial charge is 0.258 e. The molecule has 1 amide bonds. The highest BCUT2D eigenvalue weighted by Crippen LogP contribution is 2.20. The number of hydrogen-bond acceptors (Lipinski definition) is 2. The van der Waals surface area contributed by atoms with Crippen LogP contribution in [0, 0.1) is 0 Å². The van der Waals surface area contributed by atoms with Gasteiger partial charge in [-0.1, -0.05) is 37.3 Å². The van der Waals surface area contributed by atoms with E-state index < -0.39 is 0 Å². The van der Waals surface area contributed by atoms with E-state index in [2.05, 4.69) is 6.92 Å². The normalized spacial score (nSPS) is 10.3. The van der Waals surface area contributed by atoms with Crippen molar-refractivity contribution in [1.82, 2.24) is 0 Å². The van der Waals surface area contributed by atoms with Crippen LogP contribution in [0.5, 0.6) is 0 Å². The van der Waals surface area contributed by atoms with Crippen LogP contribution in [0.4, 0.5) is 5.69 Å². The minimum absolute atomic E-state index is 0.0199. The first-order valence-electron chi connectivity index (χ1n) is 6.82. The van der Waals surface area contributed by atoms with Crippen LogP contribution >= 0.6 is 0 Å². The van der Waals surface area contributed by atoms with Gasteiger partial charge in [0.25, 0.3) is 5.91 Å². The van der Waals surface area contributed by atoms with Crippen molar-refractivity contribution in [1.29, 1.82) is 0 Å². The molecule has 0 aliphatic carbocycles. The molecule has 2 aromatic rings. The van der Waals surface area contributed by atoms with Crippen molar-refractivity contribution in [3.63, 3.8) is 0 Å². The zero-order valence-corrected chi connectivity index (χ0v) is 12.0. The fourth-order valence-electron chi connectivity index (χ4n) is 2.20. The van der Waals surface area contributed by atoms with Crippen LogP contribution in [0.3, 0.4) is 0 Å². The Kier molecular flexibility index (Phi) is 4.53. The van der Waals surface area contributed by atoms with Gasteiger partial charge in [0.05, 0.1) is 0 Å². The van der Waals surface area contributed by atoms with Crippen LogP contribution in [0.25, 0.3) is 0 Å². The second-order valence-electron chi connectivity index (χ2n) is 4.75. The number of aryl methyl sites for hydroxylation is 1. The Bertz CT molecular complexity index is 590. The maximum Gasteiger partial charge on any atom is 0.258 e. The van der Waals surface area contributed by atoms with E-state index in [4.69, 9.17) is 5.73 Å². The van der Waals surface area contributed by atoms with Crippen molar-refractivity contribution >= 4 is 11.6 Å². The number of nitrogens with two attached hydrogens (primary N) is 1. The van der Waals surface area contributed by atoms with Crippen molar-refractivity contribution in [2.24, 2.45) is 5.73 Å². The summed E-state index contributed by atoms with van der Waals surface area (Å²) in [6, 6.07) is 15.5. The van der Waals surface area contributed by atoms with E-state index in [1.807, 2.05) is 48.5 Å². The molecule has 0 saturated carbocycles. The number of anilines is 1. The quantitative estimate of drug-likeness (QED) is 0.926. The van der Waals surface area contributed by atoms with Crippen LogP contribution < -0.4 is 10.6 Å². The third-order valence-corrected chi connectivity index (χ3v) is 3.49. The lowest BCUT2D eigenvalue weighted by molar-refractivity contribution is 0.0993. The standard InChI is InChI=1S/C17H20N2O/c1-3-13-8-10-14(11-9-13)17(20)19(2)16-7-5-4-6-15(16)12-18/h4-11H,3,12,18H2,1-2H3. The lowest BCUT2D eigenvalue weighted by Gasteiger charge is -2.20. The lowest BCUT2D eigenvalue weighted by atomic mass is 10.1. The number of amides is 1. The number of benzene rings is 2. The number of rotatable bonds is 4. The highest BCUT2D eigenvalue weighted by Gasteiger charge is 2.15. The molecule has 2 aromatic carbocycles. The molecule has 0 aliphatic heterocycles. The predicted molar refractivity (Wildman–Crippen MR) is 82.9 cm³/mol. The Balaban J connectivity index is 2.27. The number of carbonyl (C=O) groups is 1. The molecule has 0 spiro atoms. The van der Waals surface area contributed by atoms with E-state index in [-0.39, 0.29) is 5.91 Å². The number of para-hydroxylation sites is 1. The van der Waals surface area contributed by atoms with Crippen molar-refractivity contribution in [2.45, 2.75) is 19.9 Å². The van der Waals surface area contributed by atoms with Crippen molar-refractivity contribution in [3.8, 4) is 0 Å². The number of hydrogen-bond donors (Lipinski definition) is 1. The maximum atomic E-state index is 12.5. The summed E-state index contributed by atoms with van der Waals surface area (Å²) >= 11 is 0. The summed E-state index contributed by atoms with van der Waals surface area (Å²) in [6.45, 7) is 2.52. The van der Waals surface area contributed by atoms with Crippen molar-refractivity contribution in [3.05, 3.63) is 65.2 Å². The van der Waals surface area contributed by atoms with Gasteiger partial charge in [-0.25, -0.2) is 0 Å². The number of nitrogens with zero attached hydrogens (tertiary/aromatic N) is 1. The highest BCUT2D eigenvalue weighted by atomic mass is 16.2. The van der Waals surface area contributed by atoms with E-state index in [1.165, 1.54) is 5.56 Å². The fourth-order valence-corrected chi connectivity index (χ4v) is 2.20. The van der Waals surface area contributed by atoms with Gasteiger partial charge < -0.3 is 10.6 Å². The Morgan fingerprint density at radius 2 is 1.75 bits per heavy atom. The van der Waals surface area contributed by atoms with E-state index in [9.17, 15) is 4.79 Å². The SMILES string of the molecule is CCc1ccc(C(=O)N(C)c2ccccc2CN)cc1. The predicted octanol–water partition coefficient (Wildman–Crippen LogP) is 2.98. The van der Waals surface area contributed by atoms with E-state index >= 15 is 0 Å². The second kappa shape index (κ2) is 6.35. The molecule has 0 heterocycles. The highest BCUT2D eigenvalue weighted by molar-refractivity contribution is 6.06. The minimum atomic E-state index is -0.0199. The lowest BCUT2D eigenvalue weighted by Crippen LogP contribution is -2.27. The molecule has 0 fully saturated rings. The van der Waals surface area contributed by atoms with Crippen LogP contribution in [0.15, 0.2) is 48.5 Å². The molecule has 104 valence electrons. The molecule has 2 N–H and O–H groups in total. The molecular formula is C17H20N2O. The Hall–Kier alpha value is -2.13. The van der Waals surface area contributed by atoms with Crippen LogP contribution in [0.2, 0.25) is 0 Å². The maximum absolute atomic E-state index is 12.5. The second-order valence-corrected chi connectivity index (χ2v) is 4.75. The molecule has 0 aromatic heterocycles. The average molecular weight is 268 g/mol. The summed E-state index contributed by atoms with van der Waals surface area (Å²) in [5, 5.41) is 0. The summed E-state index contributed by atoms with van der Waals surface area (Å²) in [5.74, 6) is -0.0199. The molecule has 2 rings (SSSR count). The molecule has 3 heteroatoms. The van der Waals surface area contributed by atoms with Gasteiger partial charge in [-0.3, -0.25) is 4.79 Å². The summed E-state index contributed by atoms with van der Waals surface area (Å²) in [7, 11) is 1.78. The molecule has 0 aliphatic rings. The average Bonchev–Trinajstić information content (AvgIpc) is 2.53. The first kappa shape index (κ1) is 14.3. The third kappa shape index (κ3) is 2.89. The van der Waals surface area contributed by atoms with Gasteiger partial charge in [-0.15, -0.1) is 0 Å².